The van der Waals surface area contributed by atoms with E-state index < -0.39 is 21.8 Å². The zero-order valence-electron chi connectivity index (χ0n) is 18.8. The van der Waals surface area contributed by atoms with E-state index in [0.717, 1.165) is 24.9 Å². The van der Waals surface area contributed by atoms with Gasteiger partial charge in [-0.2, -0.15) is 8.70 Å². The Morgan fingerprint density at radius 2 is 2.00 bits per heavy atom. The van der Waals surface area contributed by atoms with Crippen LogP contribution in [0.15, 0.2) is 64.3 Å². The molecule has 33 heavy (non-hydrogen) atoms. The Balaban J connectivity index is 2.21. The van der Waals surface area contributed by atoms with Crippen LogP contribution >= 0.6 is 11.8 Å². The van der Waals surface area contributed by atoms with Crippen LogP contribution in [0.2, 0.25) is 0 Å². The summed E-state index contributed by atoms with van der Waals surface area (Å²) in [6, 6.07) is 12.5. The number of thioether (sulfide) groups is 1. The fraction of sp³-hybridized carbons (Fsp3) is 0.348. The van der Waals surface area contributed by atoms with Gasteiger partial charge in [-0.3, -0.25) is 4.79 Å². The van der Waals surface area contributed by atoms with Gasteiger partial charge in [0.05, 0.1) is 10.6 Å². The second kappa shape index (κ2) is 10.6. The summed E-state index contributed by atoms with van der Waals surface area (Å²) < 4.78 is 47.7. The number of amides is 1. The van der Waals surface area contributed by atoms with Crippen molar-refractivity contribution >= 4 is 39.1 Å². The molecule has 0 bridgehead atoms. The van der Waals surface area contributed by atoms with Crippen molar-refractivity contribution in [1.29, 1.82) is 0 Å². The Kier molecular flexibility index (Phi) is 8.04. The number of rotatable bonds is 8. The molecule has 0 spiro atoms. The fourth-order valence-electron chi connectivity index (χ4n) is 3.71. The van der Waals surface area contributed by atoms with Gasteiger partial charge >= 0.3 is 0 Å². The van der Waals surface area contributed by atoms with Crippen LogP contribution < -0.4 is 15.4 Å². The number of carbonyl (C=O) groups excluding carboxylic acids is 1. The highest BCUT2D eigenvalue weighted by Crippen LogP contribution is 2.43. The van der Waals surface area contributed by atoms with Gasteiger partial charge in [0.1, 0.15) is 16.9 Å². The number of likely N-dealkylation sites (N-methyl/N-ethyl adjacent to an activating group) is 1. The van der Waals surface area contributed by atoms with Gasteiger partial charge in [-0.15, -0.1) is 11.8 Å². The summed E-state index contributed by atoms with van der Waals surface area (Å²) in [7, 11) is -2.30. The molecule has 0 aliphatic carbocycles. The van der Waals surface area contributed by atoms with Gasteiger partial charge in [-0.25, -0.2) is 8.42 Å². The van der Waals surface area contributed by atoms with Crippen molar-refractivity contribution in [1.82, 2.24) is 4.31 Å². The van der Waals surface area contributed by atoms with Crippen LogP contribution in [-0.4, -0.2) is 44.5 Å². The second-order valence-corrected chi connectivity index (χ2v) is 10.5. The average Bonchev–Trinajstić information content (AvgIpc) is 2.89. The predicted molar refractivity (Wildman–Crippen MR) is 129 cm³/mol. The molecule has 178 valence electrons. The summed E-state index contributed by atoms with van der Waals surface area (Å²) in [5.74, 6) is -2.41. The Morgan fingerprint density at radius 1 is 1.30 bits per heavy atom. The summed E-state index contributed by atoms with van der Waals surface area (Å²) in [4.78, 5) is 13.6. The lowest BCUT2D eigenvalue weighted by Gasteiger charge is -2.29. The van der Waals surface area contributed by atoms with Gasteiger partial charge in [0, 0.05) is 31.4 Å². The van der Waals surface area contributed by atoms with Gasteiger partial charge < -0.3 is 15.4 Å². The zero-order chi connectivity index (χ0) is 24.2. The van der Waals surface area contributed by atoms with Crippen molar-refractivity contribution in [3.63, 3.8) is 0 Å². The minimum absolute atomic E-state index is 0.0496. The van der Waals surface area contributed by atoms with E-state index in [1.54, 1.807) is 19.4 Å². The third-order valence-electron chi connectivity index (χ3n) is 5.58. The number of fused-ring (bicyclic) bond motifs is 1. The van der Waals surface area contributed by atoms with Gasteiger partial charge in [-0.05, 0) is 30.9 Å². The second-order valence-electron chi connectivity index (χ2n) is 7.68. The molecule has 1 aliphatic heterocycles. The lowest BCUT2D eigenvalue weighted by molar-refractivity contribution is -0.116. The fourth-order valence-corrected chi connectivity index (χ4v) is 5.82. The zero-order valence-corrected chi connectivity index (χ0v) is 20.5. The largest absolute Gasteiger partial charge is 0.460 e. The smallest absolute Gasteiger partial charge is 0.280 e. The van der Waals surface area contributed by atoms with E-state index in [1.807, 2.05) is 35.2 Å². The third kappa shape index (κ3) is 5.34. The first-order valence-electron chi connectivity index (χ1n) is 10.6. The van der Waals surface area contributed by atoms with Crippen molar-refractivity contribution in [2.45, 2.75) is 42.0 Å². The molecule has 1 unspecified atom stereocenters. The summed E-state index contributed by atoms with van der Waals surface area (Å²) in [5, 5.41) is 0. The number of halogens is 1. The van der Waals surface area contributed by atoms with Gasteiger partial charge in [0.15, 0.2) is 0 Å². The number of primary amides is 1. The van der Waals surface area contributed by atoms with E-state index in [9.17, 15) is 17.6 Å². The van der Waals surface area contributed by atoms with Crippen molar-refractivity contribution in [2.24, 2.45) is 5.73 Å². The maximum absolute atomic E-state index is 13.6. The summed E-state index contributed by atoms with van der Waals surface area (Å²) >= 11 is 1.32. The Bertz CT molecular complexity index is 1140. The Labute approximate surface area is 198 Å². The van der Waals surface area contributed by atoms with Crippen LogP contribution in [0.4, 0.5) is 15.8 Å². The maximum Gasteiger partial charge on any atom is 0.280 e. The molecule has 3 rings (SSSR count). The molecule has 0 fully saturated rings. The molecule has 1 aliphatic rings. The molecule has 2 aromatic carbocycles. The molecule has 1 atom stereocenters. The standard InChI is InChI=1S/C23H28FN3O4S2/c1-4-5-9-17-14-27(16-10-7-6-8-11-16)19-12-21(32-3)20(31-15-18(24)23(25)28)13-22(19)33(29,30)26(17)2/h6-8,10-13,15,17H,4-5,9,14H2,1-3H3,(H2,25,28)/b18-15-. The molecule has 1 amide bonds. The monoisotopic (exact) mass is 493 g/mol. The molecule has 0 radical (unpaired) electrons. The van der Waals surface area contributed by atoms with Crippen molar-refractivity contribution in [3.05, 3.63) is 54.6 Å². The molecule has 2 N–H and O–H groups in total. The van der Waals surface area contributed by atoms with E-state index in [4.69, 9.17) is 10.5 Å². The number of nitrogens with zero attached hydrogens (tertiary/aromatic N) is 2. The molecule has 0 aromatic heterocycles. The van der Waals surface area contributed by atoms with Gasteiger partial charge in [0.25, 0.3) is 5.91 Å². The van der Waals surface area contributed by atoms with Crippen LogP contribution in [0.3, 0.4) is 0 Å². The molecule has 10 heteroatoms. The number of carbonyl (C=O) groups is 1. The summed E-state index contributed by atoms with van der Waals surface area (Å²) in [6.07, 6.45) is 4.96. The molecule has 2 aromatic rings. The molecule has 0 saturated carbocycles. The number of anilines is 2. The van der Waals surface area contributed by atoms with Crippen LogP contribution in [-0.2, 0) is 14.8 Å². The first-order valence-corrected chi connectivity index (χ1v) is 13.2. The van der Waals surface area contributed by atoms with E-state index in [0.29, 0.717) is 23.4 Å². The summed E-state index contributed by atoms with van der Waals surface area (Å²) in [6.45, 7) is 2.55. The van der Waals surface area contributed by atoms with Crippen molar-refractivity contribution in [3.8, 4) is 5.75 Å². The number of para-hydroxylation sites is 1. The highest BCUT2D eigenvalue weighted by molar-refractivity contribution is 7.98. The lowest BCUT2D eigenvalue weighted by atomic mass is 10.1. The number of benzene rings is 2. The van der Waals surface area contributed by atoms with Gasteiger partial charge in [-0.1, -0.05) is 38.0 Å². The lowest BCUT2D eigenvalue weighted by Crippen LogP contribution is -2.40. The van der Waals surface area contributed by atoms with Crippen LogP contribution in [0, 0.1) is 0 Å². The SMILES string of the molecule is CCCCC1CN(c2ccccc2)c2cc(SC)c(O/C=C(\F)C(N)=O)cc2S(=O)(=O)N1C. The number of unbranched alkanes of at least 4 members (excludes halogenated alkanes) is 1. The molecule has 7 nitrogen and oxygen atoms in total. The number of hydrogen-bond donors (Lipinski definition) is 1. The molecule has 0 saturated heterocycles. The normalized spacial score (nSPS) is 18.5. The number of nitrogens with two attached hydrogens (primary N) is 1. The number of ether oxygens (including phenoxy) is 1. The minimum Gasteiger partial charge on any atom is -0.460 e. The maximum atomic E-state index is 13.6. The van der Waals surface area contributed by atoms with Crippen LogP contribution in [0.25, 0.3) is 0 Å². The number of hydrogen-bond acceptors (Lipinski definition) is 6. The van der Waals surface area contributed by atoms with E-state index in [-0.39, 0.29) is 16.7 Å². The average molecular weight is 494 g/mol. The van der Waals surface area contributed by atoms with Gasteiger partial charge in [0.2, 0.25) is 15.9 Å². The first kappa shape index (κ1) is 25.1. The van der Waals surface area contributed by atoms with Crippen molar-refractivity contribution in [2.75, 3.05) is 24.7 Å². The third-order valence-corrected chi connectivity index (χ3v) is 8.28. The van der Waals surface area contributed by atoms with E-state index in [2.05, 4.69) is 6.92 Å². The Hall–Kier alpha value is -2.56. The van der Waals surface area contributed by atoms with Crippen LogP contribution in [0.5, 0.6) is 5.75 Å². The summed E-state index contributed by atoms with van der Waals surface area (Å²) in [5.41, 5.74) is 6.31. The highest BCUT2D eigenvalue weighted by atomic mass is 32.2. The molecular formula is C23H28FN3O4S2. The van der Waals surface area contributed by atoms with E-state index >= 15 is 0 Å². The topological polar surface area (TPSA) is 92.9 Å². The predicted octanol–water partition coefficient (Wildman–Crippen LogP) is 4.41. The first-order chi connectivity index (χ1) is 15.7. The highest BCUT2D eigenvalue weighted by Gasteiger charge is 2.37. The molecular weight excluding hydrogens is 465 g/mol. The van der Waals surface area contributed by atoms with Crippen molar-refractivity contribution < 1.29 is 22.3 Å². The Morgan fingerprint density at radius 3 is 2.61 bits per heavy atom. The number of sulfonamides is 1. The molecule has 1 heterocycles. The minimum atomic E-state index is -3.88. The van der Waals surface area contributed by atoms with Crippen LogP contribution in [0.1, 0.15) is 26.2 Å². The van der Waals surface area contributed by atoms with E-state index in [1.165, 1.54) is 22.1 Å². The quantitative estimate of drug-likeness (QED) is 0.333.